The normalized spacial score (nSPS) is 15.7. The minimum absolute atomic E-state index is 0. The van der Waals surface area contributed by atoms with E-state index < -0.39 is 64.6 Å². The third-order valence-corrected chi connectivity index (χ3v) is 22.5. The van der Waals surface area contributed by atoms with Crippen molar-refractivity contribution in [3.63, 3.8) is 0 Å². The number of benzene rings is 4. The fraction of sp³-hybridized carbons (Fsp3) is 0.525. The number of imide groups is 4. The number of aryl methyl sites for hydroxylation is 4. The Morgan fingerprint density at radius 2 is 0.697 bits per heavy atom. The van der Waals surface area contributed by atoms with Crippen molar-refractivity contribution >= 4 is 175 Å². The first-order valence-corrected chi connectivity index (χ1v) is 50.4. The lowest BCUT2D eigenvalue weighted by Gasteiger charge is -2.24. The lowest BCUT2D eigenvalue weighted by Crippen LogP contribution is -2.44. The third kappa shape index (κ3) is 37.7. The number of terminal acetylenes is 1. The Labute approximate surface area is 868 Å². The molecule has 0 aliphatic carbocycles. The molecule has 5 aliphatic rings. The molecule has 7 unspecified atom stereocenters. The standard InChI is InChI=1S/2C25H32N4O6.C20H24N4O4.C13H12BrN3O3.C12H21NO3.C4H8O.ClH.HOP.H4P2.H3P/c2*1-25(2,3)35-24(33)27(4)14-8-16-34-15-7-10-17-9-6-11-18-21(17)28(5)23(32)29(18)19-12-13-20(30)26-22(19)31;1-21-11-5-13-28-12-4-7-14-6-3-8-15-18(14)23(2)20(27)24(15)16-9-10-17(25)22-19(16)26;1-16-11-7(14)3-2-4-8(11)17(13(16)20)9-5-6-10(18)15-12(9)19;1-6-9-15-10-7-8-13(5)11(14)16-12(2,3)4;1-2-4-5-3-1;;2*1-2;/h2*6,9,11,19H,8,12-16H2,1-5H3,(H,26,30,31);3,6,8,16,21H,5,9-13H2,1-2H3,(H,22,25,26);2-4,9H,5-6H2,1H3,(H,15,18,19);1H,7-10H2,2-5H3;1-4H2;1H;2H;1-2H2;1H3. The fourth-order valence-corrected chi connectivity index (χ4v) is 15.8. The Balaban J connectivity index is 0.000000376. The Morgan fingerprint density at radius 3 is 0.945 bits per heavy atom. The minimum atomic E-state index is -0.741. The van der Waals surface area contributed by atoms with Gasteiger partial charge < -0.3 is 57.9 Å². The first kappa shape index (κ1) is 126. The number of para-hydroxylation sites is 4. The van der Waals surface area contributed by atoms with Crippen LogP contribution in [-0.4, -0.2) is 254 Å². The van der Waals surface area contributed by atoms with Crippen LogP contribution in [0.1, 0.15) is 193 Å². The molecule has 0 saturated carbocycles. The van der Waals surface area contributed by atoms with Crippen molar-refractivity contribution in [1.82, 2.24) is 77.8 Å². The molecule has 145 heavy (non-hydrogen) atoms. The molecule has 11 amide bonds. The van der Waals surface area contributed by atoms with Crippen molar-refractivity contribution < 1.29 is 95.2 Å². The van der Waals surface area contributed by atoms with Gasteiger partial charge in [0.25, 0.3) is 0 Å². The van der Waals surface area contributed by atoms with Gasteiger partial charge >= 0.3 is 41.0 Å². The van der Waals surface area contributed by atoms with E-state index in [1.165, 1.54) is 64.1 Å². The molecule has 0 spiro atoms. The molecule has 9 heterocycles. The van der Waals surface area contributed by atoms with Gasteiger partial charge in [-0.3, -0.25) is 101 Å². The van der Waals surface area contributed by atoms with E-state index in [4.69, 9.17) is 48.9 Å². The number of nitrogens with one attached hydrogen (secondary N) is 5. The number of carbonyl (C=O) groups is 11. The molecule has 5 aliphatic heterocycles. The Bertz CT molecular complexity index is 6130. The number of rotatable bonds is 24. The summed E-state index contributed by atoms with van der Waals surface area (Å²) >= 11 is 3.42. The largest absolute Gasteiger partial charge is 0.444 e. The van der Waals surface area contributed by atoms with Crippen LogP contribution >= 0.6 is 65.2 Å². The van der Waals surface area contributed by atoms with Crippen LogP contribution in [0.4, 0.5) is 14.4 Å². The maximum absolute atomic E-state index is 12.9. The number of nitrogens with zero attached hydrogens (tertiary/aromatic N) is 11. The number of carbonyl (C=O) groups excluding carboxylic acids is 11. The van der Waals surface area contributed by atoms with Crippen molar-refractivity contribution in [1.29, 1.82) is 0 Å². The molecule has 46 heteroatoms. The molecule has 5 N–H and O–H groups in total. The van der Waals surface area contributed by atoms with Crippen LogP contribution in [0.5, 0.6) is 0 Å². The summed E-state index contributed by atoms with van der Waals surface area (Å²) in [5, 5.41) is 12.3. The Morgan fingerprint density at radius 1 is 0.441 bits per heavy atom. The van der Waals surface area contributed by atoms with Gasteiger partial charge in [-0.1, -0.05) is 65.7 Å². The number of hydrogen-bond acceptors (Lipinski definition) is 25. The first-order valence-electron chi connectivity index (χ1n) is 46.5. The smallest absolute Gasteiger partial charge is 0.410 e. The lowest BCUT2D eigenvalue weighted by molar-refractivity contribution is -0.137. The molecule has 40 nitrogen and oxygen atoms in total. The number of hydrogen-bond donors (Lipinski definition) is 5. The van der Waals surface area contributed by atoms with E-state index in [2.05, 4.69) is 102 Å². The molecule has 4 aromatic carbocycles. The second kappa shape index (κ2) is 61.8. The quantitative estimate of drug-likeness (QED) is 0.0123. The van der Waals surface area contributed by atoms with E-state index in [9.17, 15) is 71.9 Å². The van der Waals surface area contributed by atoms with Crippen LogP contribution in [0.2, 0.25) is 0 Å². The molecule has 5 saturated heterocycles. The molecule has 7 atom stereocenters. The summed E-state index contributed by atoms with van der Waals surface area (Å²) in [6.07, 6.45) is 11.5. The second-order valence-electron chi connectivity index (χ2n) is 36.2. The van der Waals surface area contributed by atoms with Crippen LogP contribution in [0.25, 0.3) is 44.1 Å². The predicted octanol–water partition coefficient (Wildman–Crippen LogP) is 9.56. The van der Waals surface area contributed by atoms with Crippen LogP contribution in [0, 0.1) is 47.9 Å². The van der Waals surface area contributed by atoms with Crippen LogP contribution < -0.4 is 49.3 Å². The average Bonchev–Trinajstić information content (AvgIpc) is 1.62. The van der Waals surface area contributed by atoms with Gasteiger partial charge in [-0.15, -0.1) is 36.7 Å². The van der Waals surface area contributed by atoms with Crippen molar-refractivity contribution in [3.05, 3.63) is 136 Å². The zero-order chi connectivity index (χ0) is 106. The third-order valence-electron chi connectivity index (χ3n) is 21.8. The molecular weight excluding hydrogens is 2040 g/mol. The summed E-state index contributed by atoms with van der Waals surface area (Å²) in [5.41, 5.74) is 4.34. The fourth-order valence-electron chi connectivity index (χ4n) is 15.2. The molecular formula is C99H138BrClN16O24P4. The minimum Gasteiger partial charge on any atom is -0.444 e. The Kier molecular flexibility index (Phi) is 53.6. The monoisotopic (exact) mass is 2170 g/mol. The Hall–Kier alpha value is -11.5. The van der Waals surface area contributed by atoms with Gasteiger partial charge in [0.05, 0.1) is 60.8 Å². The van der Waals surface area contributed by atoms with Gasteiger partial charge in [0, 0.05) is 139 Å². The average molecular weight is 2180 g/mol. The zero-order valence-electron chi connectivity index (χ0n) is 85.5. The highest BCUT2D eigenvalue weighted by Gasteiger charge is 2.37. The summed E-state index contributed by atoms with van der Waals surface area (Å²) in [6, 6.07) is 18.8. The summed E-state index contributed by atoms with van der Waals surface area (Å²) < 4.78 is 63.0. The SMILES string of the molecule is C#CCOCCCN(C)C(=O)OC(C)(C)C.C1CCOC1.CN(CCCOCC#Cc1cccc2c1n(C)c(=O)n2C1CCC(=O)NC1=O)C(=O)OC(C)(C)C.CN(CCCOCC#Cc1cccc2c1n(C)c(=O)n2C1CCC(=O)NC1=O)C(=O)OC(C)(C)C.CNCCCOCC#Cc1cccc2c1n(C)c(=O)n2C1CCC(=O)NC1=O.Cl.Cn1c(=O)n(C2CCC(=O)NC2=O)c2cccc(Br)c21.O=P.P.PP. The van der Waals surface area contributed by atoms with Crippen molar-refractivity contribution in [2.75, 3.05) is 120 Å². The van der Waals surface area contributed by atoms with E-state index in [0.29, 0.717) is 140 Å². The predicted molar refractivity (Wildman–Crippen MR) is 571 cm³/mol. The number of aromatic nitrogens is 8. The van der Waals surface area contributed by atoms with E-state index in [-0.39, 0.29) is 139 Å². The van der Waals surface area contributed by atoms with Crippen molar-refractivity contribution in [2.45, 2.75) is 193 Å². The highest BCUT2D eigenvalue weighted by molar-refractivity contribution is 9.10. The van der Waals surface area contributed by atoms with Gasteiger partial charge in [-0.2, -0.15) is 9.90 Å². The van der Waals surface area contributed by atoms with Gasteiger partial charge in [0.1, 0.15) is 76.5 Å². The maximum Gasteiger partial charge on any atom is 0.410 e. The molecule has 8 aromatic rings. The molecule has 4 aromatic heterocycles. The van der Waals surface area contributed by atoms with Crippen molar-refractivity contribution in [3.8, 4) is 47.9 Å². The number of piperidine rings is 4. The molecule has 5 fully saturated rings. The molecule has 13 rings (SSSR count). The number of halogens is 2. The first-order chi connectivity index (χ1) is 67.9. The molecule has 0 radical (unpaired) electrons. The van der Waals surface area contributed by atoms with E-state index in [1.807, 2.05) is 93.6 Å². The summed E-state index contributed by atoms with van der Waals surface area (Å²) in [7, 11) is 19.9. The van der Waals surface area contributed by atoms with Gasteiger partial charge in [-0.05, 0) is 205 Å². The summed E-state index contributed by atoms with van der Waals surface area (Å²) in [5.74, 6) is 17.4. The number of imidazole rings is 4. The highest BCUT2D eigenvalue weighted by Crippen LogP contribution is 2.31. The maximum atomic E-state index is 12.9. The van der Waals surface area contributed by atoms with Gasteiger partial charge in [-0.25, -0.2) is 33.6 Å². The van der Waals surface area contributed by atoms with Gasteiger partial charge in [0.15, 0.2) is 0 Å². The van der Waals surface area contributed by atoms with E-state index in [1.54, 1.807) is 107 Å². The second-order valence-corrected chi connectivity index (χ2v) is 37.1. The number of amides is 11. The van der Waals surface area contributed by atoms with E-state index in [0.717, 1.165) is 42.6 Å². The van der Waals surface area contributed by atoms with Crippen LogP contribution in [-0.2, 0) is 109 Å². The van der Waals surface area contributed by atoms with Crippen LogP contribution in [0.15, 0.2) is 96.4 Å². The van der Waals surface area contributed by atoms with Crippen molar-refractivity contribution in [2.24, 2.45) is 28.2 Å². The summed E-state index contributed by atoms with van der Waals surface area (Å²) in [4.78, 5) is 186. The number of fused-ring (bicyclic) bond motifs is 4. The topological polar surface area (TPSA) is 456 Å². The molecule has 792 valence electrons. The highest BCUT2D eigenvalue weighted by atomic mass is 79.9. The van der Waals surface area contributed by atoms with Gasteiger partial charge in [0.2, 0.25) is 47.3 Å². The summed E-state index contributed by atoms with van der Waals surface area (Å²) in [6.45, 7) is 24.0. The zero-order valence-corrected chi connectivity index (χ0v) is 92.6. The lowest BCUT2D eigenvalue weighted by atomic mass is 10.1. The molecule has 0 bridgehead atoms. The van der Waals surface area contributed by atoms with E-state index >= 15 is 0 Å². The number of ether oxygens (including phenoxy) is 8. The van der Waals surface area contributed by atoms with Crippen LogP contribution in [0.3, 0.4) is 0 Å².